The maximum Gasteiger partial charge on any atom is 0.410 e. The Morgan fingerprint density at radius 1 is 1.07 bits per heavy atom. The quantitative estimate of drug-likeness (QED) is 0.723. The zero-order valence-electron chi connectivity index (χ0n) is 17.9. The van der Waals surface area contributed by atoms with Gasteiger partial charge in [-0.1, -0.05) is 18.2 Å². The first kappa shape index (κ1) is 21.9. The molecular weight excluding hydrogens is 384 g/mol. The molecule has 0 unspecified atom stereocenters. The highest BCUT2D eigenvalue weighted by molar-refractivity contribution is 6.04. The number of aromatic carboxylic acids is 1. The van der Waals surface area contributed by atoms with Crippen molar-refractivity contribution in [3.05, 3.63) is 42.0 Å². The van der Waals surface area contributed by atoms with Gasteiger partial charge in [0.25, 0.3) is 0 Å². The van der Waals surface area contributed by atoms with Crippen molar-refractivity contribution in [1.29, 1.82) is 0 Å². The van der Waals surface area contributed by atoms with Crippen LogP contribution in [0.1, 0.15) is 37.6 Å². The van der Waals surface area contributed by atoms with E-state index in [4.69, 9.17) is 9.47 Å². The van der Waals surface area contributed by atoms with Crippen molar-refractivity contribution in [2.75, 3.05) is 39.3 Å². The normalized spacial score (nSPS) is 15.2. The average molecular weight is 415 g/mol. The maximum atomic E-state index is 12.1. The molecular formula is C23H30N2O5. The van der Waals surface area contributed by atoms with E-state index in [2.05, 4.69) is 4.90 Å². The highest BCUT2D eigenvalue weighted by Crippen LogP contribution is 2.24. The number of carbonyl (C=O) groups excluding carboxylic acids is 1. The van der Waals surface area contributed by atoms with E-state index in [1.807, 2.05) is 39.0 Å². The molecule has 1 aliphatic rings. The van der Waals surface area contributed by atoms with Gasteiger partial charge < -0.3 is 19.5 Å². The van der Waals surface area contributed by atoms with Crippen LogP contribution in [0.3, 0.4) is 0 Å². The fourth-order valence-corrected chi connectivity index (χ4v) is 3.49. The number of carbonyl (C=O) groups is 2. The van der Waals surface area contributed by atoms with Gasteiger partial charge in [-0.25, -0.2) is 9.59 Å². The lowest BCUT2D eigenvalue weighted by atomic mass is 10.0. The average Bonchev–Trinajstić information content (AvgIpc) is 2.69. The van der Waals surface area contributed by atoms with Gasteiger partial charge in [0.15, 0.2) is 0 Å². The predicted molar refractivity (Wildman–Crippen MR) is 115 cm³/mol. The van der Waals surface area contributed by atoms with Crippen LogP contribution in [0.15, 0.2) is 36.4 Å². The summed E-state index contributed by atoms with van der Waals surface area (Å²) in [6.07, 6.45) is 0.605. The Hall–Kier alpha value is -2.80. The zero-order valence-corrected chi connectivity index (χ0v) is 17.9. The number of hydrogen-bond donors (Lipinski definition) is 1. The Morgan fingerprint density at radius 2 is 1.80 bits per heavy atom. The van der Waals surface area contributed by atoms with Crippen LogP contribution in [0.5, 0.6) is 5.75 Å². The molecule has 0 atom stereocenters. The maximum absolute atomic E-state index is 12.1. The topological polar surface area (TPSA) is 79.3 Å². The first-order valence-corrected chi connectivity index (χ1v) is 10.3. The van der Waals surface area contributed by atoms with E-state index in [0.717, 1.165) is 31.4 Å². The van der Waals surface area contributed by atoms with Crippen LogP contribution in [-0.2, 0) is 4.74 Å². The Kier molecular flexibility index (Phi) is 6.82. The lowest BCUT2D eigenvalue weighted by Crippen LogP contribution is -2.50. The van der Waals surface area contributed by atoms with Crippen LogP contribution in [0.4, 0.5) is 4.79 Å². The summed E-state index contributed by atoms with van der Waals surface area (Å²) in [6.45, 7) is 10.0. The monoisotopic (exact) mass is 414 g/mol. The Bertz CT molecular complexity index is 898. The number of amides is 1. The number of fused-ring (bicyclic) bond motifs is 1. The van der Waals surface area contributed by atoms with Crippen molar-refractivity contribution in [2.45, 2.75) is 32.8 Å². The number of piperazine rings is 1. The number of hydrogen-bond acceptors (Lipinski definition) is 5. The molecule has 1 N–H and O–H groups in total. The number of benzene rings is 2. The van der Waals surface area contributed by atoms with E-state index in [1.54, 1.807) is 23.1 Å². The van der Waals surface area contributed by atoms with E-state index >= 15 is 0 Å². The van der Waals surface area contributed by atoms with Crippen molar-refractivity contribution < 1.29 is 24.2 Å². The Balaban J connectivity index is 1.43. The second kappa shape index (κ2) is 9.34. The SMILES string of the molecule is CC(C)(C)OC(=O)N1CCN(CCCOc2ccc3cccc(C(=O)O)c3c2)CC1. The Labute approximate surface area is 177 Å². The lowest BCUT2D eigenvalue weighted by Gasteiger charge is -2.35. The van der Waals surface area contributed by atoms with Crippen molar-refractivity contribution >= 4 is 22.8 Å². The van der Waals surface area contributed by atoms with Crippen molar-refractivity contribution in [3.63, 3.8) is 0 Å². The Morgan fingerprint density at radius 3 is 2.47 bits per heavy atom. The number of ether oxygens (including phenoxy) is 2. The van der Waals surface area contributed by atoms with Gasteiger partial charge in [0, 0.05) is 32.7 Å². The molecule has 162 valence electrons. The smallest absolute Gasteiger partial charge is 0.410 e. The highest BCUT2D eigenvalue weighted by Gasteiger charge is 2.25. The molecule has 2 aromatic carbocycles. The van der Waals surface area contributed by atoms with Gasteiger partial charge in [0.2, 0.25) is 0 Å². The first-order chi connectivity index (χ1) is 14.2. The van der Waals surface area contributed by atoms with Crippen molar-refractivity contribution in [1.82, 2.24) is 9.80 Å². The molecule has 1 fully saturated rings. The third-order valence-electron chi connectivity index (χ3n) is 5.00. The molecule has 1 saturated heterocycles. The predicted octanol–water partition coefficient (Wildman–Crippen LogP) is 3.86. The molecule has 1 heterocycles. The van der Waals surface area contributed by atoms with E-state index in [1.165, 1.54) is 0 Å². The summed E-state index contributed by atoms with van der Waals surface area (Å²) in [7, 11) is 0. The molecule has 0 bridgehead atoms. The summed E-state index contributed by atoms with van der Waals surface area (Å²) in [5, 5.41) is 10.9. The summed E-state index contributed by atoms with van der Waals surface area (Å²) in [5.74, 6) is -0.269. The molecule has 30 heavy (non-hydrogen) atoms. The van der Waals surface area contributed by atoms with Gasteiger partial charge in [-0.3, -0.25) is 4.90 Å². The summed E-state index contributed by atoms with van der Waals surface area (Å²) >= 11 is 0. The van der Waals surface area contributed by atoms with Crippen LogP contribution in [-0.4, -0.2) is 71.9 Å². The summed E-state index contributed by atoms with van der Waals surface area (Å²) in [5.41, 5.74) is -0.194. The number of carboxylic acids is 1. The van der Waals surface area contributed by atoms with Gasteiger partial charge >= 0.3 is 12.1 Å². The minimum absolute atomic E-state index is 0.248. The standard InChI is InChI=1S/C23H30N2O5/c1-23(2,3)30-22(28)25-13-11-24(12-14-25)10-5-15-29-18-9-8-17-6-4-7-19(21(26)27)20(17)16-18/h4,6-9,16H,5,10-15H2,1-3H3,(H,26,27). The zero-order chi connectivity index (χ0) is 21.7. The number of rotatable bonds is 6. The van der Waals surface area contributed by atoms with Crippen LogP contribution in [0, 0.1) is 0 Å². The van der Waals surface area contributed by atoms with Crippen LogP contribution < -0.4 is 4.74 Å². The largest absolute Gasteiger partial charge is 0.494 e. The fourth-order valence-electron chi connectivity index (χ4n) is 3.49. The first-order valence-electron chi connectivity index (χ1n) is 10.3. The molecule has 1 amide bonds. The minimum atomic E-state index is -0.941. The van der Waals surface area contributed by atoms with Crippen LogP contribution >= 0.6 is 0 Å². The number of nitrogens with zero attached hydrogens (tertiary/aromatic N) is 2. The number of carboxylic acid groups (broad SMARTS) is 1. The molecule has 0 saturated carbocycles. The molecule has 7 heteroatoms. The summed E-state index contributed by atoms with van der Waals surface area (Å²) in [6, 6.07) is 10.8. The van der Waals surface area contributed by atoms with Gasteiger partial charge in [-0.05, 0) is 56.2 Å². The molecule has 2 aromatic rings. The van der Waals surface area contributed by atoms with Crippen molar-refractivity contribution in [3.8, 4) is 5.75 Å². The molecule has 7 nitrogen and oxygen atoms in total. The molecule has 0 radical (unpaired) electrons. The van der Waals surface area contributed by atoms with Crippen molar-refractivity contribution in [2.24, 2.45) is 0 Å². The molecule has 0 aromatic heterocycles. The third-order valence-corrected chi connectivity index (χ3v) is 5.00. The molecule has 1 aliphatic heterocycles. The fraction of sp³-hybridized carbons (Fsp3) is 0.478. The minimum Gasteiger partial charge on any atom is -0.494 e. The second-order valence-corrected chi connectivity index (χ2v) is 8.50. The second-order valence-electron chi connectivity index (χ2n) is 8.50. The van der Waals surface area contributed by atoms with E-state index < -0.39 is 11.6 Å². The highest BCUT2D eigenvalue weighted by atomic mass is 16.6. The molecule has 0 spiro atoms. The third kappa shape index (κ3) is 5.86. The van der Waals surface area contributed by atoms with E-state index in [9.17, 15) is 14.7 Å². The van der Waals surface area contributed by atoms with E-state index in [-0.39, 0.29) is 11.7 Å². The molecule has 3 rings (SSSR count). The van der Waals surface area contributed by atoms with Crippen LogP contribution in [0.25, 0.3) is 10.8 Å². The van der Waals surface area contributed by atoms with Gasteiger partial charge in [0.1, 0.15) is 11.4 Å². The van der Waals surface area contributed by atoms with E-state index in [0.29, 0.717) is 30.8 Å². The summed E-state index contributed by atoms with van der Waals surface area (Å²) in [4.78, 5) is 27.6. The lowest BCUT2D eigenvalue weighted by molar-refractivity contribution is 0.0142. The summed E-state index contributed by atoms with van der Waals surface area (Å²) < 4.78 is 11.3. The van der Waals surface area contributed by atoms with Gasteiger partial charge in [-0.2, -0.15) is 0 Å². The van der Waals surface area contributed by atoms with Gasteiger partial charge in [0.05, 0.1) is 12.2 Å². The molecule has 0 aliphatic carbocycles. The van der Waals surface area contributed by atoms with Crippen LogP contribution in [0.2, 0.25) is 0 Å². The van der Waals surface area contributed by atoms with Gasteiger partial charge in [-0.15, -0.1) is 0 Å².